The number of thiazole rings is 1. The van der Waals surface area contributed by atoms with Crippen LogP contribution in [0.4, 0.5) is 0 Å². The molecule has 0 spiro atoms. The van der Waals surface area contributed by atoms with Crippen molar-refractivity contribution < 1.29 is 19.0 Å². The van der Waals surface area contributed by atoms with Crippen LogP contribution in [-0.4, -0.2) is 41.3 Å². The maximum atomic E-state index is 12.8. The van der Waals surface area contributed by atoms with E-state index in [-0.39, 0.29) is 12.2 Å². The largest absolute Gasteiger partial charge is 0.493 e. The van der Waals surface area contributed by atoms with Crippen LogP contribution in [-0.2, 0) is 4.79 Å². The Morgan fingerprint density at radius 1 is 1.13 bits per heavy atom. The summed E-state index contributed by atoms with van der Waals surface area (Å²) in [7, 11) is 3.11. The van der Waals surface area contributed by atoms with Gasteiger partial charge >= 0.3 is 0 Å². The normalized spacial score (nSPS) is 11.6. The van der Waals surface area contributed by atoms with Gasteiger partial charge in [0.2, 0.25) is 4.96 Å². The molecule has 9 nitrogen and oxygen atoms in total. The fourth-order valence-electron chi connectivity index (χ4n) is 2.90. The monoisotopic (exact) mass is 438 g/mol. The molecule has 0 fully saturated rings. The SMILES string of the molecule is COc1ccc(-c2nc3sc(=Cc4ccc(OCC(N)=O)cc4)c(=O)n3n2)cc1OC. The number of nitrogens with two attached hydrogens (primary N) is 1. The number of benzene rings is 2. The van der Waals surface area contributed by atoms with Crippen molar-refractivity contribution in [1.29, 1.82) is 0 Å². The lowest BCUT2D eigenvalue weighted by Gasteiger charge is -2.07. The molecule has 2 aromatic heterocycles. The third kappa shape index (κ3) is 4.19. The maximum Gasteiger partial charge on any atom is 0.291 e. The van der Waals surface area contributed by atoms with Crippen LogP contribution in [0.25, 0.3) is 22.4 Å². The van der Waals surface area contributed by atoms with Crippen LogP contribution in [0, 0.1) is 0 Å². The lowest BCUT2D eigenvalue weighted by Crippen LogP contribution is -2.23. The Kier molecular flexibility index (Phi) is 5.54. The first kappa shape index (κ1) is 20.4. The molecule has 0 bridgehead atoms. The molecule has 0 saturated carbocycles. The van der Waals surface area contributed by atoms with Gasteiger partial charge in [-0.1, -0.05) is 23.5 Å². The zero-order valence-electron chi connectivity index (χ0n) is 16.7. The first-order valence-electron chi connectivity index (χ1n) is 9.13. The molecule has 2 N–H and O–H groups in total. The standard InChI is InChI=1S/C21H18N4O5S/c1-28-15-8-5-13(10-16(15)29-2)19-23-21-25(24-19)20(27)17(31-21)9-12-3-6-14(7-4-12)30-11-18(22)26/h3-10H,11H2,1-2H3,(H2,22,26). The molecule has 0 aliphatic rings. The minimum absolute atomic E-state index is 0.191. The molecule has 10 heteroatoms. The summed E-state index contributed by atoms with van der Waals surface area (Å²) < 4.78 is 17.6. The first-order valence-corrected chi connectivity index (χ1v) is 9.95. The van der Waals surface area contributed by atoms with Crippen molar-refractivity contribution in [3.8, 4) is 28.6 Å². The zero-order chi connectivity index (χ0) is 22.0. The van der Waals surface area contributed by atoms with E-state index in [0.29, 0.717) is 38.1 Å². The second-order valence-corrected chi connectivity index (χ2v) is 7.45. The second kappa shape index (κ2) is 8.44. The number of hydrogen-bond acceptors (Lipinski definition) is 8. The van der Waals surface area contributed by atoms with Crippen LogP contribution >= 0.6 is 11.3 Å². The summed E-state index contributed by atoms with van der Waals surface area (Å²) in [6.45, 7) is -0.191. The molecular formula is C21H18N4O5S. The maximum absolute atomic E-state index is 12.8. The fraction of sp³-hybridized carbons (Fsp3) is 0.143. The molecule has 2 aromatic carbocycles. The highest BCUT2D eigenvalue weighted by molar-refractivity contribution is 7.15. The molecule has 0 aliphatic carbocycles. The van der Waals surface area contributed by atoms with E-state index >= 15 is 0 Å². The lowest BCUT2D eigenvalue weighted by atomic mass is 10.2. The van der Waals surface area contributed by atoms with Gasteiger partial charge in [-0.2, -0.15) is 9.50 Å². The Morgan fingerprint density at radius 2 is 1.87 bits per heavy atom. The summed E-state index contributed by atoms with van der Waals surface area (Å²) in [4.78, 5) is 28.5. The van der Waals surface area contributed by atoms with Gasteiger partial charge in [0, 0.05) is 5.56 Å². The van der Waals surface area contributed by atoms with E-state index in [1.54, 1.807) is 62.8 Å². The number of amides is 1. The number of ether oxygens (including phenoxy) is 3. The van der Waals surface area contributed by atoms with E-state index in [1.807, 2.05) is 0 Å². The third-order valence-electron chi connectivity index (χ3n) is 4.38. The van der Waals surface area contributed by atoms with Crippen molar-refractivity contribution in [2.24, 2.45) is 5.73 Å². The number of primary amides is 1. The summed E-state index contributed by atoms with van der Waals surface area (Å²) in [6.07, 6.45) is 1.75. The van der Waals surface area contributed by atoms with Crippen LogP contribution in [0.5, 0.6) is 17.2 Å². The number of carbonyl (C=O) groups is 1. The Balaban J connectivity index is 1.63. The molecule has 0 aliphatic heterocycles. The molecular weight excluding hydrogens is 420 g/mol. The number of rotatable bonds is 7. The van der Waals surface area contributed by atoms with Crippen LogP contribution in [0.3, 0.4) is 0 Å². The van der Waals surface area contributed by atoms with Crippen LogP contribution in [0.15, 0.2) is 47.3 Å². The van der Waals surface area contributed by atoms with Gasteiger partial charge in [0.15, 0.2) is 23.9 Å². The molecule has 158 valence electrons. The molecule has 0 saturated heterocycles. The highest BCUT2D eigenvalue weighted by Gasteiger charge is 2.14. The molecule has 4 aromatic rings. The number of carbonyl (C=O) groups excluding carboxylic acids is 1. The van der Waals surface area contributed by atoms with E-state index in [9.17, 15) is 9.59 Å². The van der Waals surface area contributed by atoms with Crippen molar-refractivity contribution in [3.05, 3.63) is 62.9 Å². The summed E-state index contributed by atoms with van der Waals surface area (Å²) in [6, 6.07) is 12.3. The molecule has 1 amide bonds. The first-order chi connectivity index (χ1) is 15.0. The highest BCUT2D eigenvalue weighted by atomic mass is 32.1. The van der Waals surface area contributed by atoms with Crippen molar-refractivity contribution >= 4 is 28.3 Å². The zero-order valence-corrected chi connectivity index (χ0v) is 17.5. The van der Waals surface area contributed by atoms with Crippen LogP contribution in [0.1, 0.15) is 5.56 Å². The van der Waals surface area contributed by atoms with Crippen molar-refractivity contribution in [2.75, 3.05) is 20.8 Å². The molecule has 31 heavy (non-hydrogen) atoms. The Morgan fingerprint density at radius 3 is 2.52 bits per heavy atom. The average molecular weight is 438 g/mol. The minimum Gasteiger partial charge on any atom is -0.493 e. The number of fused-ring (bicyclic) bond motifs is 1. The van der Waals surface area contributed by atoms with Crippen molar-refractivity contribution in [2.45, 2.75) is 0 Å². The topological polar surface area (TPSA) is 118 Å². The highest BCUT2D eigenvalue weighted by Crippen LogP contribution is 2.31. The Bertz CT molecular complexity index is 1360. The minimum atomic E-state index is -0.548. The van der Waals surface area contributed by atoms with Gasteiger partial charge in [-0.05, 0) is 42.0 Å². The quantitative estimate of drug-likeness (QED) is 0.461. The van der Waals surface area contributed by atoms with Gasteiger partial charge < -0.3 is 19.9 Å². The Hall–Kier alpha value is -3.92. The number of hydrogen-bond donors (Lipinski definition) is 1. The summed E-state index contributed by atoms with van der Waals surface area (Å²) in [5, 5.41) is 4.35. The Labute approximate surface area is 180 Å². The van der Waals surface area contributed by atoms with E-state index in [2.05, 4.69) is 10.1 Å². The molecule has 0 radical (unpaired) electrons. The van der Waals surface area contributed by atoms with E-state index < -0.39 is 5.91 Å². The predicted octanol–water partition coefficient (Wildman–Crippen LogP) is 1.25. The summed E-state index contributed by atoms with van der Waals surface area (Å²) in [5.74, 6) is 1.54. The smallest absolute Gasteiger partial charge is 0.291 e. The van der Waals surface area contributed by atoms with Gasteiger partial charge in [0.25, 0.3) is 11.5 Å². The van der Waals surface area contributed by atoms with Gasteiger partial charge in [-0.25, -0.2) is 0 Å². The van der Waals surface area contributed by atoms with Gasteiger partial charge in [0.05, 0.1) is 18.8 Å². The van der Waals surface area contributed by atoms with Gasteiger partial charge in [-0.15, -0.1) is 5.10 Å². The molecule has 0 unspecified atom stereocenters. The lowest BCUT2D eigenvalue weighted by molar-refractivity contribution is -0.119. The molecule has 2 heterocycles. The van der Waals surface area contributed by atoms with Gasteiger partial charge in [0.1, 0.15) is 5.75 Å². The van der Waals surface area contributed by atoms with Crippen molar-refractivity contribution in [3.63, 3.8) is 0 Å². The van der Waals surface area contributed by atoms with Crippen LogP contribution in [0.2, 0.25) is 0 Å². The van der Waals surface area contributed by atoms with Gasteiger partial charge in [-0.3, -0.25) is 9.59 Å². The van der Waals surface area contributed by atoms with Crippen LogP contribution < -0.4 is 30.0 Å². The van der Waals surface area contributed by atoms with E-state index in [4.69, 9.17) is 19.9 Å². The third-order valence-corrected chi connectivity index (χ3v) is 5.34. The molecule has 4 rings (SSSR count). The predicted molar refractivity (Wildman–Crippen MR) is 116 cm³/mol. The molecule has 0 atom stereocenters. The summed E-state index contributed by atoms with van der Waals surface area (Å²) in [5.41, 5.74) is 6.32. The number of methoxy groups -OCH3 is 2. The van der Waals surface area contributed by atoms with E-state index in [0.717, 1.165) is 5.56 Å². The summed E-state index contributed by atoms with van der Waals surface area (Å²) >= 11 is 1.24. The second-order valence-electron chi connectivity index (χ2n) is 6.44. The number of nitrogens with zero attached hydrogens (tertiary/aromatic N) is 3. The van der Waals surface area contributed by atoms with E-state index in [1.165, 1.54) is 15.9 Å². The number of aromatic nitrogens is 3. The fourth-order valence-corrected chi connectivity index (χ4v) is 3.81. The average Bonchev–Trinajstić information content (AvgIpc) is 3.32. The van der Waals surface area contributed by atoms with Crippen molar-refractivity contribution in [1.82, 2.24) is 14.6 Å².